The van der Waals surface area contributed by atoms with E-state index < -0.39 is 0 Å². The molecule has 118 valence electrons. The van der Waals surface area contributed by atoms with E-state index in [1.54, 1.807) is 18.3 Å². The van der Waals surface area contributed by atoms with Gasteiger partial charge in [0.15, 0.2) is 0 Å². The first kappa shape index (κ1) is 16.6. The smallest absolute Gasteiger partial charge is 0.253 e. The molecule has 0 spiro atoms. The van der Waals surface area contributed by atoms with Gasteiger partial charge in [0.1, 0.15) is 5.82 Å². The first-order valence-corrected chi connectivity index (χ1v) is 7.53. The summed E-state index contributed by atoms with van der Waals surface area (Å²) in [7, 11) is 0. The lowest BCUT2D eigenvalue weighted by molar-refractivity contribution is 0.0958. The summed E-state index contributed by atoms with van der Waals surface area (Å²) in [5.74, 6) is 2.88. The molecule has 1 amide bonds. The van der Waals surface area contributed by atoms with Crippen molar-refractivity contribution in [1.82, 2.24) is 10.3 Å². The molecule has 0 aliphatic rings. The van der Waals surface area contributed by atoms with Gasteiger partial charge in [-0.25, -0.2) is 4.98 Å². The monoisotopic (exact) mass is 307 g/mol. The van der Waals surface area contributed by atoms with Crippen molar-refractivity contribution >= 4 is 11.7 Å². The molecule has 23 heavy (non-hydrogen) atoms. The molecule has 1 heterocycles. The summed E-state index contributed by atoms with van der Waals surface area (Å²) >= 11 is 0. The average molecular weight is 307 g/mol. The molecule has 1 atom stereocenters. The molecule has 1 aromatic carbocycles. The van der Waals surface area contributed by atoms with Crippen LogP contribution >= 0.6 is 0 Å². The van der Waals surface area contributed by atoms with Crippen LogP contribution in [0.3, 0.4) is 0 Å². The predicted molar refractivity (Wildman–Crippen MR) is 93.4 cm³/mol. The first-order chi connectivity index (χ1) is 11.0. The van der Waals surface area contributed by atoms with E-state index in [1.807, 2.05) is 0 Å². The van der Waals surface area contributed by atoms with Gasteiger partial charge < -0.3 is 10.6 Å². The molecule has 2 N–H and O–H groups in total. The zero-order valence-electron chi connectivity index (χ0n) is 13.7. The fourth-order valence-electron chi connectivity index (χ4n) is 2.39. The van der Waals surface area contributed by atoms with Gasteiger partial charge in [0.2, 0.25) is 0 Å². The first-order valence-electron chi connectivity index (χ1n) is 7.53. The lowest BCUT2D eigenvalue weighted by atomic mass is 9.98. The Labute approximate surface area is 137 Å². The second-order valence-corrected chi connectivity index (χ2v) is 5.47. The normalized spacial score (nSPS) is 11.4. The second-order valence-electron chi connectivity index (χ2n) is 5.47. The number of nitrogens with one attached hydrogen (secondary N) is 2. The number of hydrogen-bond donors (Lipinski definition) is 2. The standard InChI is InChI=1S/C19H21N3O/c1-5-11-20-19(23)16-9-10-18(21-12-16)22-15(4)17-8-6-7-13(2)14(17)3/h1,6-10,12,15H,11H2,2-4H3,(H,20,23)(H,21,22). The maximum absolute atomic E-state index is 11.8. The van der Waals surface area contributed by atoms with Gasteiger partial charge in [-0.1, -0.05) is 24.1 Å². The van der Waals surface area contributed by atoms with Crippen LogP contribution in [0, 0.1) is 26.2 Å². The molecule has 4 heteroatoms. The molecule has 2 rings (SSSR count). The Kier molecular flexibility index (Phi) is 5.37. The van der Waals surface area contributed by atoms with E-state index in [0.717, 1.165) is 5.82 Å². The van der Waals surface area contributed by atoms with Crippen LogP contribution in [0.25, 0.3) is 0 Å². The van der Waals surface area contributed by atoms with Crippen LogP contribution in [0.5, 0.6) is 0 Å². The number of nitrogens with zero attached hydrogens (tertiary/aromatic N) is 1. The third kappa shape index (κ3) is 4.10. The zero-order chi connectivity index (χ0) is 16.8. The number of aryl methyl sites for hydroxylation is 1. The summed E-state index contributed by atoms with van der Waals surface area (Å²) in [6.45, 7) is 6.53. The molecule has 0 saturated heterocycles. The summed E-state index contributed by atoms with van der Waals surface area (Å²) in [4.78, 5) is 16.1. The van der Waals surface area contributed by atoms with Crippen LogP contribution in [-0.2, 0) is 0 Å². The SMILES string of the molecule is C#CCNC(=O)c1ccc(NC(C)c2cccc(C)c2C)nc1. The van der Waals surface area contributed by atoms with Gasteiger partial charge in [-0.05, 0) is 49.6 Å². The van der Waals surface area contributed by atoms with Gasteiger partial charge in [-0.2, -0.15) is 0 Å². The van der Waals surface area contributed by atoms with E-state index in [0.29, 0.717) is 5.56 Å². The van der Waals surface area contributed by atoms with E-state index in [9.17, 15) is 4.79 Å². The average Bonchev–Trinajstić information content (AvgIpc) is 2.55. The molecule has 4 nitrogen and oxygen atoms in total. The van der Waals surface area contributed by atoms with Gasteiger partial charge >= 0.3 is 0 Å². The number of hydrogen-bond acceptors (Lipinski definition) is 3. The minimum Gasteiger partial charge on any atom is -0.364 e. The summed E-state index contributed by atoms with van der Waals surface area (Å²) in [5.41, 5.74) is 4.27. The van der Waals surface area contributed by atoms with E-state index in [4.69, 9.17) is 6.42 Å². The maximum Gasteiger partial charge on any atom is 0.253 e. The molecule has 0 radical (unpaired) electrons. The fourth-order valence-corrected chi connectivity index (χ4v) is 2.39. The molecule has 1 aromatic heterocycles. The molecule has 0 bridgehead atoms. The van der Waals surface area contributed by atoms with Crippen LogP contribution in [-0.4, -0.2) is 17.4 Å². The minimum absolute atomic E-state index is 0.128. The van der Waals surface area contributed by atoms with Gasteiger partial charge in [0, 0.05) is 6.20 Å². The van der Waals surface area contributed by atoms with Crippen LogP contribution in [0.2, 0.25) is 0 Å². The maximum atomic E-state index is 11.8. The van der Waals surface area contributed by atoms with Crippen LogP contribution in [0.15, 0.2) is 36.5 Å². The second kappa shape index (κ2) is 7.46. The Morgan fingerprint density at radius 2 is 2.09 bits per heavy atom. The Hall–Kier alpha value is -2.80. The van der Waals surface area contributed by atoms with Crippen molar-refractivity contribution < 1.29 is 4.79 Å². The van der Waals surface area contributed by atoms with Crippen LogP contribution in [0.4, 0.5) is 5.82 Å². The van der Waals surface area contributed by atoms with Crippen molar-refractivity contribution in [2.24, 2.45) is 0 Å². The molecular formula is C19H21N3O. The molecule has 0 aliphatic carbocycles. The van der Waals surface area contributed by atoms with Crippen molar-refractivity contribution in [2.45, 2.75) is 26.8 Å². The van der Waals surface area contributed by atoms with E-state index >= 15 is 0 Å². The number of benzene rings is 1. The lowest BCUT2D eigenvalue weighted by Gasteiger charge is -2.18. The predicted octanol–water partition coefficient (Wildman–Crippen LogP) is 3.23. The van der Waals surface area contributed by atoms with Crippen molar-refractivity contribution in [3.05, 3.63) is 58.8 Å². The summed E-state index contributed by atoms with van der Waals surface area (Å²) in [6.07, 6.45) is 6.67. The number of amides is 1. The number of carbonyl (C=O) groups is 1. The third-order valence-electron chi connectivity index (χ3n) is 3.85. The van der Waals surface area contributed by atoms with Gasteiger partial charge in [0.25, 0.3) is 5.91 Å². The molecule has 1 unspecified atom stereocenters. The van der Waals surface area contributed by atoms with Crippen molar-refractivity contribution in [3.63, 3.8) is 0 Å². The van der Waals surface area contributed by atoms with Crippen LogP contribution < -0.4 is 10.6 Å². The van der Waals surface area contributed by atoms with Crippen molar-refractivity contribution in [2.75, 3.05) is 11.9 Å². The molecule has 0 aliphatic heterocycles. The molecule has 0 fully saturated rings. The highest BCUT2D eigenvalue weighted by atomic mass is 16.1. The number of terminal acetylenes is 1. The van der Waals surface area contributed by atoms with Gasteiger partial charge in [0.05, 0.1) is 18.2 Å². The number of rotatable bonds is 5. The number of pyridine rings is 1. The van der Waals surface area contributed by atoms with E-state index in [1.165, 1.54) is 16.7 Å². The third-order valence-corrected chi connectivity index (χ3v) is 3.85. The summed E-state index contributed by atoms with van der Waals surface area (Å²) in [5, 5.41) is 5.97. The lowest BCUT2D eigenvalue weighted by Crippen LogP contribution is -2.23. The Morgan fingerprint density at radius 3 is 2.74 bits per heavy atom. The highest BCUT2D eigenvalue weighted by Crippen LogP contribution is 2.23. The van der Waals surface area contributed by atoms with Crippen molar-refractivity contribution in [1.29, 1.82) is 0 Å². The van der Waals surface area contributed by atoms with E-state index in [-0.39, 0.29) is 18.5 Å². The minimum atomic E-state index is -0.218. The van der Waals surface area contributed by atoms with Gasteiger partial charge in [-0.15, -0.1) is 6.42 Å². The summed E-state index contributed by atoms with van der Waals surface area (Å²) in [6, 6.07) is 9.93. The largest absolute Gasteiger partial charge is 0.364 e. The van der Waals surface area contributed by atoms with E-state index in [2.05, 4.69) is 60.5 Å². The summed E-state index contributed by atoms with van der Waals surface area (Å²) < 4.78 is 0. The topological polar surface area (TPSA) is 54.0 Å². The van der Waals surface area contributed by atoms with Crippen LogP contribution in [0.1, 0.15) is 40.0 Å². The van der Waals surface area contributed by atoms with Crippen molar-refractivity contribution in [3.8, 4) is 12.3 Å². The quantitative estimate of drug-likeness (QED) is 0.834. The number of anilines is 1. The van der Waals surface area contributed by atoms with Gasteiger partial charge in [-0.3, -0.25) is 4.79 Å². The Morgan fingerprint density at radius 1 is 1.30 bits per heavy atom. The number of carbonyl (C=O) groups excluding carboxylic acids is 1. The number of aromatic nitrogens is 1. The zero-order valence-corrected chi connectivity index (χ0v) is 13.7. The molecule has 0 saturated carbocycles. The molecular weight excluding hydrogens is 286 g/mol. The highest BCUT2D eigenvalue weighted by Gasteiger charge is 2.11. The Balaban J connectivity index is 2.07. The fraction of sp³-hybridized carbons (Fsp3) is 0.263. The Bertz CT molecular complexity index is 729. The highest BCUT2D eigenvalue weighted by molar-refractivity contribution is 5.94. The molecule has 2 aromatic rings.